The summed E-state index contributed by atoms with van der Waals surface area (Å²) in [4.78, 5) is 15.2. The van der Waals surface area contributed by atoms with Crippen LogP contribution in [0.3, 0.4) is 0 Å². The third-order valence-corrected chi connectivity index (χ3v) is 1.34. The molecule has 0 rings (SSSR count). The Morgan fingerprint density at radius 2 is 2.00 bits per heavy atom. The Labute approximate surface area is 85.6 Å². The van der Waals surface area contributed by atoms with E-state index in [4.69, 9.17) is 0 Å². The third kappa shape index (κ3) is 5.30. The van der Waals surface area contributed by atoms with E-state index in [-0.39, 0.29) is 11.4 Å². The van der Waals surface area contributed by atoms with Crippen LogP contribution in [0.25, 0.3) is 0 Å². The minimum atomic E-state index is -0.253. The molecule has 0 fully saturated rings. The van der Waals surface area contributed by atoms with Crippen LogP contribution in [0.5, 0.6) is 0 Å². The van der Waals surface area contributed by atoms with Crippen molar-refractivity contribution < 1.29 is 4.79 Å². The molecule has 0 heterocycles. The molecule has 0 saturated heterocycles. The second-order valence-corrected chi connectivity index (χ2v) is 3.94. The number of amides is 1. The SMILES string of the molecule is C=N/C(=C\C=C/C)C(=O)NC(C)(C)C. The van der Waals surface area contributed by atoms with Crippen molar-refractivity contribution in [3.63, 3.8) is 0 Å². The highest BCUT2D eigenvalue weighted by Crippen LogP contribution is 2.03. The second-order valence-electron chi connectivity index (χ2n) is 3.94. The van der Waals surface area contributed by atoms with E-state index in [0.717, 1.165) is 0 Å². The number of carbonyl (C=O) groups is 1. The first-order valence-electron chi connectivity index (χ1n) is 4.53. The average Bonchev–Trinajstić information content (AvgIpc) is 2.02. The largest absolute Gasteiger partial charge is 0.346 e. The Morgan fingerprint density at radius 3 is 2.36 bits per heavy atom. The molecule has 3 heteroatoms. The van der Waals surface area contributed by atoms with Gasteiger partial charge in [-0.05, 0) is 40.5 Å². The van der Waals surface area contributed by atoms with E-state index in [1.807, 2.05) is 33.8 Å². The number of aliphatic imine (C=N–C) groups is 1. The number of nitrogens with zero attached hydrogens (tertiary/aromatic N) is 1. The molecule has 1 N–H and O–H groups in total. The van der Waals surface area contributed by atoms with Gasteiger partial charge in [0.2, 0.25) is 0 Å². The zero-order chi connectivity index (χ0) is 11.2. The highest BCUT2D eigenvalue weighted by Gasteiger charge is 2.15. The molecule has 0 aromatic heterocycles. The molecule has 78 valence electrons. The van der Waals surface area contributed by atoms with Crippen molar-refractivity contribution in [1.29, 1.82) is 0 Å². The van der Waals surface area contributed by atoms with Gasteiger partial charge in [-0.15, -0.1) is 0 Å². The Bertz CT molecular complexity index is 270. The zero-order valence-corrected chi connectivity index (χ0v) is 9.29. The van der Waals surface area contributed by atoms with Crippen LogP contribution in [0.2, 0.25) is 0 Å². The Hall–Kier alpha value is -1.38. The maximum Gasteiger partial charge on any atom is 0.270 e. The number of nitrogens with one attached hydrogen (secondary N) is 1. The molecule has 0 spiro atoms. The molecule has 0 bridgehead atoms. The van der Waals surface area contributed by atoms with E-state index in [9.17, 15) is 4.79 Å². The molecule has 0 unspecified atom stereocenters. The number of allylic oxidation sites excluding steroid dienone is 3. The zero-order valence-electron chi connectivity index (χ0n) is 9.29. The van der Waals surface area contributed by atoms with Gasteiger partial charge in [-0.1, -0.05) is 12.2 Å². The van der Waals surface area contributed by atoms with E-state index in [1.54, 1.807) is 12.2 Å². The van der Waals surface area contributed by atoms with Gasteiger partial charge in [0.1, 0.15) is 5.70 Å². The monoisotopic (exact) mass is 194 g/mol. The van der Waals surface area contributed by atoms with E-state index < -0.39 is 0 Å². The van der Waals surface area contributed by atoms with Gasteiger partial charge in [-0.3, -0.25) is 9.79 Å². The summed E-state index contributed by atoms with van der Waals surface area (Å²) in [5, 5.41) is 2.80. The van der Waals surface area contributed by atoms with Gasteiger partial charge in [0.15, 0.2) is 0 Å². The topological polar surface area (TPSA) is 41.5 Å². The summed E-state index contributed by atoms with van der Waals surface area (Å²) in [7, 11) is 0. The van der Waals surface area contributed by atoms with Crippen molar-refractivity contribution >= 4 is 12.6 Å². The summed E-state index contributed by atoms with van der Waals surface area (Å²) in [6.45, 7) is 11.0. The van der Waals surface area contributed by atoms with Crippen molar-refractivity contribution in [3.05, 3.63) is 23.9 Å². The third-order valence-electron chi connectivity index (χ3n) is 1.34. The van der Waals surface area contributed by atoms with Crippen molar-refractivity contribution in [1.82, 2.24) is 5.32 Å². The fourth-order valence-electron chi connectivity index (χ4n) is 0.792. The van der Waals surface area contributed by atoms with E-state index >= 15 is 0 Å². The van der Waals surface area contributed by atoms with Crippen molar-refractivity contribution in [3.8, 4) is 0 Å². The smallest absolute Gasteiger partial charge is 0.270 e. The van der Waals surface area contributed by atoms with Gasteiger partial charge in [0, 0.05) is 5.54 Å². The second kappa shape index (κ2) is 5.37. The summed E-state index contributed by atoms with van der Waals surface area (Å²) in [6.07, 6.45) is 5.22. The lowest BCUT2D eigenvalue weighted by molar-refractivity contribution is -0.118. The molecule has 0 atom stereocenters. The van der Waals surface area contributed by atoms with Crippen molar-refractivity contribution in [2.75, 3.05) is 0 Å². The summed E-state index contributed by atoms with van der Waals surface area (Å²) in [5.41, 5.74) is 0.0783. The molecule has 3 nitrogen and oxygen atoms in total. The summed E-state index contributed by atoms with van der Waals surface area (Å²) < 4.78 is 0. The fraction of sp³-hybridized carbons (Fsp3) is 0.455. The minimum absolute atomic E-state index is 0.203. The normalized spacial score (nSPS) is 13.0. The summed E-state index contributed by atoms with van der Waals surface area (Å²) >= 11 is 0. The molecule has 0 saturated carbocycles. The van der Waals surface area contributed by atoms with Gasteiger partial charge in [-0.2, -0.15) is 0 Å². The maximum atomic E-state index is 11.5. The van der Waals surface area contributed by atoms with Gasteiger partial charge < -0.3 is 5.32 Å². The summed E-state index contributed by atoms with van der Waals surface area (Å²) in [6, 6.07) is 0. The molecule has 14 heavy (non-hydrogen) atoms. The highest BCUT2D eigenvalue weighted by molar-refractivity contribution is 5.94. The van der Waals surface area contributed by atoms with Gasteiger partial charge in [0.25, 0.3) is 5.91 Å². The van der Waals surface area contributed by atoms with Crippen LogP contribution in [0.1, 0.15) is 27.7 Å². The maximum absolute atomic E-state index is 11.5. The molecule has 0 aromatic rings. The van der Waals surface area contributed by atoms with Crippen LogP contribution in [0, 0.1) is 0 Å². The minimum Gasteiger partial charge on any atom is -0.346 e. The van der Waals surface area contributed by atoms with E-state index in [1.165, 1.54) is 0 Å². The molecule has 0 aromatic carbocycles. The lowest BCUT2D eigenvalue weighted by Gasteiger charge is -2.20. The average molecular weight is 194 g/mol. The van der Waals surface area contributed by atoms with Crippen LogP contribution >= 0.6 is 0 Å². The number of rotatable bonds is 3. The number of carbonyl (C=O) groups excluding carboxylic acids is 1. The Kier molecular flexibility index (Phi) is 4.84. The summed E-state index contributed by atoms with van der Waals surface area (Å²) in [5.74, 6) is -0.203. The predicted molar refractivity (Wildman–Crippen MR) is 60.3 cm³/mol. The highest BCUT2D eigenvalue weighted by atomic mass is 16.2. The van der Waals surface area contributed by atoms with E-state index in [0.29, 0.717) is 5.70 Å². The first-order valence-corrected chi connectivity index (χ1v) is 4.53. The van der Waals surface area contributed by atoms with Crippen LogP contribution in [0.15, 0.2) is 28.9 Å². The van der Waals surface area contributed by atoms with Gasteiger partial charge in [0.05, 0.1) is 0 Å². The van der Waals surface area contributed by atoms with Crippen LogP contribution in [0.4, 0.5) is 0 Å². The van der Waals surface area contributed by atoms with Gasteiger partial charge >= 0.3 is 0 Å². The Balaban J connectivity index is 4.56. The van der Waals surface area contributed by atoms with Crippen LogP contribution < -0.4 is 5.32 Å². The standard InChI is InChI=1S/C11H18N2O/c1-6-7-8-9(12-5)10(14)13-11(2,3)4/h6-8H,5H2,1-4H3,(H,13,14)/b7-6-,9-8-. The molecule has 0 aliphatic rings. The molecule has 0 radical (unpaired) electrons. The van der Waals surface area contributed by atoms with Crippen LogP contribution in [-0.2, 0) is 4.79 Å². The first kappa shape index (κ1) is 12.6. The molecular formula is C11H18N2O. The number of hydrogen-bond acceptors (Lipinski definition) is 2. The molecule has 0 aliphatic carbocycles. The van der Waals surface area contributed by atoms with Crippen molar-refractivity contribution in [2.24, 2.45) is 4.99 Å². The fourth-order valence-corrected chi connectivity index (χ4v) is 0.792. The molecule has 1 amide bonds. The van der Waals surface area contributed by atoms with E-state index in [2.05, 4.69) is 17.0 Å². The molecular weight excluding hydrogens is 176 g/mol. The van der Waals surface area contributed by atoms with Crippen molar-refractivity contribution in [2.45, 2.75) is 33.2 Å². The lowest BCUT2D eigenvalue weighted by atomic mass is 10.1. The van der Waals surface area contributed by atoms with Crippen LogP contribution in [-0.4, -0.2) is 18.2 Å². The Morgan fingerprint density at radius 1 is 1.43 bits per heavy atom. The first-order chi connectivity index (χ1) is 6.40. The molecule has 0 aliphatic heterocycles. The lowest BCUT2D eigenvalue weighted by Crippen LogP contribution is -2.41. The van der Waals surface area contributed by atoms with Gasteiger partial charge in [-0.25, -0.2) is 0 Å². The number of hydrogen-bond donors (Lipinski definition) is 1. The predicted octanol–water partition coefficient (Wildman–Crippen LogP) is 2.06. The quantitative estimate of drug-likeness (QED) is 0.417.